The summed E-state index contributed by atoms with van der Waals surface area (Å²) in [6.45, 7) is 8.55. The average Bonchev–Trinajstić information content (AvgIpc) is 3.05. The number of likely N-dealkylation sites (tertiary alicyclic amines) is 1. The van der Waals surface area contributed by atoms with Gasteiger partial charge in [-0.15, -0.1) is 0 Å². The van der Waals surface area contributed by atoms with Crippen molar-refractivity contribution >= 4 is 27.6 Å². The molecule has 0 unspecified atom stereocenters. The summed E-state index contributed by atoms with van der Waals surface area (Å²) in [5, 5.41) is 2.51. The smallest absolute Gasteiger partial charge is 0.164 e. The molecule has 0 bridgehead atoms. The lowest BCUT2D eigenvalue weighted by atomic mass is 9.94. The number of aryl methyl sites for hydroxylation is 1. The van der Waals surface area contributed by atoms with Gasteiger partial charge in [0.1, 0.15) is 0 Å². The van der Waals surface area contributed by atoms with Gasteiger partial charge in [-0.1, -0.05) is 43.7 Å². The number of rotatable bonds is 6. The highest BCUT2D eigenvalue weighted by Crippen LogP contribution is 2.30. The molecule has 4 rings (SSSR count). The number of Topliss-reactive ketones (excluding diaryl/α,β-unsaturated/α-hetero) is 1. The highest BCUT2D eigenvalue weighted by Gasteiger charge is 2.19. The Morgan fingerprint density at radius 3 is 2.48 bits per heavy atom. The number of carbonyl (C=O) groups excluding carboxylic acids is 1. The average molecular weight is 363 g/mol. The molecule has 142 valence electrons. The minimum Gasteiger partial charge on any atom is -0.341 e. The van der Waals surface area contributed by atoms with E-state index in [1.54, 1.807) is 0 Å². The summed E-state index contributed by atoms with van der Waals surface area (Å²) in [6.07, 6.45) is 4.48. The molecule has 0 radical (unpaired) electrons. The Bertz CT molecular complexity index is 948. The molecule has 3 heteroatoms. The van der Waals surface area contributed by atoms with Gasteiger partial charge in [0.25, 0.3) is 0 Å². The summed E-state index contributed by atoms with van der Waals surface area (Å²) in [5.41, 5.74) is 3.27. The van der Waals surface area contributed by atoms with Gasteiger partial charge in [-0.25, -0.2) is 0 Å². The number of fused-ring (bicyclic) bond motifs is 3. The van der Waals surface area contributed by atoms with Crippen LogP contribution in [0, 0.1) is 5.92 Å². The minimum absolute atomic E-state index is 0.266. The normalized spacial score (nSPS) is 16.4. The molecule has 3 nitrogen and oxygen atoms in total. The van der Waals surface area contributed by atoms with Crippen molar-refractivity contribution in [2.45, 2.75) is 46.1 Å². The second-order valence-electron chi connectivity index (χ2n) is 7.86. The molecule has 27 heavy (non-hydrogen) atoms. The first kappa shape index (κ1) is 18.2. The number of carbonyl (C=O) groups is 1. The predicted molar refractivity (Wildman–Crippen MR) is 114 cm³/mol. The van der Waals surface area contributed by atoms with Crippen molar-refractivity contribution < 1.29 is 4.79 Å². The molecule has 0 atom stereocenters. The highest BCUT2D eigenvalue weighted by atomic mass is 16.1. The van der Waals surface area contributed by atoms with Crippen LogP contribution in [0.15, 0.2) is 42.5 Å². The molecule has 1 aromatic heterocycles. The first-order valence-corrected chi connectivity index (χ1v) is 10.5. The quantitative estimate of drug-likeness (QED) is 0.540. The van der Waals surface area contributed by atoms with Crippen molar-refractivity contribution in [1.29, 1.82) is 0 Å². The van der Waals surface area contributed by atoms with Crippen LogP contribution in [0.4, 0.5) is 0 Å². The largest absolute Gasteiger partial charge is 0.341 e. The van der Waals surface area contributed by atoms with Crippen LogP contribution in [0.5, 0.6) is 0 Å². The molecule has 1 aliphatic heterocycles. The lowest BCUT2D eigenvalue weighted by Crippen LogP contribution is -2.35. The zero-order valence-electron chi connectivity index (χ0n) is 16.6. The fourth-order valence-electron chi connectivity index (χ4n) is 4.59. The van der Waals surface area contributed by atoms with Gasteiger partial charge < -0.3 is 9.47 Å². The molecular formula is C24H30N2O. The van der Waals surface area contributed by atoms with E-state index < -0.39 is 0 Å². The molecule has 1 saturated heterocycles. The fourth-order valence-corrected chi connectivity index (χ4v) is 4.59. The van der Waals surface area contributed by atoms with Crippen LogP contribution in [0.1, 0.15) is 49.9 Å². The third-order valence-electron chi connectivity index (χ3n) is 6.35. The topological polar surface area (TPSA) is 25.2 Å². The fraction of sp³-hybridized carbons (Fsp3) is 0.458. The van der Waals surface area contributed by atoms with E-state index in [1.165, 1.54) is 41.1 Å². The van der Waals surface area contributed by atoms with Crippen molar-refractivity contribution in [2.24, 2.45) is 5.92 Å². The monoisotopic (exact) mass is 362 g/mol. The first-order valence-electron chi connectivity index (χ1n) is 10.5. The Balaban J connectivity index is 1.52. The Labute approximate surface area is 162 Å². The summed E-state index contributed by atoms with van der Waals surface area (Å²) in [6, 6.07) is 14.8. The van der Waals surface area contributed by atoms with E-state index in [0.29, 0.717) is 6.42 Å². The van der Waals surface area contributed by atoms with E-state index in [2.05, 4.69) is 59.7 Å². The van der Waals surface area contributed by atoms with Crippen molar-refractivity contribution in [2.75, 3.05) is 19.6 Å². The summed E-state index contributed by atoms with van der Waals surface area (Å²) < 4.78 is 2.32. The number of aromatic nitrogens is 1. The minimum atomic E-state index is 0.266. The summed E-state index contributed by atoms with van der Waals surface area (Å²) >= 11 is 0. The maximum absolute atomic E-state index is 12.8. The van der Waals surface area contributed by atoms with Crippen LogP contribution >= 0.6 is 0 Å². The van der Waals surface area contributed by atoms with Crippen LogP contribution < -0.4 is 0 Å². The zero-order chi connectivity index (χ0) is 18.8. The number of para-hydroxylation sites is 1. The Morgan fingerprint density at radius 1 is 1.00 bits per heavy atom. The third kappa shape index (κ3) is 3.53. The van der Waals surface area contributed by atoms with Gasteiger partial charge in [-0.05, 0) is 50.9 Å². The van der Waals surface area contributed by atoms with Gasteiger partial charge in [-0.2, -0.15) is 0 Å². The van der Waals surface area contributed by atoms with Crippen LogP contribution in [-0.2, 0) is 6.54 Å². The molecule has 0 aliphatic carbocycles. The second kappa shape index (κ2) is 7.85. The number of piperidine rings is 1. The molecule has 1 fully saturated rings. The molecule has 0 N–H and O–H groups in total. The molecule has 1 aliphatic rings. The van der Waals surface area contributed by atoms with Gasteiger partial charge in [0, 0.05) is 46.9 Å². The number of hydrogen-bond donors (Lipinski definition) is 0. The van der Waals surface area contributed by atoms with Gasteiger partial charge in [0.15, 0.2) is 5.78 Å². The summed E-state index contributed by atoms with van der Waals surface area (Å²) in [4.78, 5) is 15.3. The summed E-state index contributed by atoms with van der Waals surface area (Å²) in [7, 11) is 0. The molecule has 2 aromatic carbocycles. The van der Waals surface area contributed by atoms with Crippen LogP contribution in [0.25, 0.3) is 21.8 Å². The number of ketones is 1. The Hall–Kier alpha value is -2.13. The maximum atomic E-state index is 12.8. The number of hydrogen-bond acceptors (Lipinski definition) is 2. The third-order valence-corrected chi connectivity index (χ3v) is 6.35. The van der Waals surface area contributed by atoms with Crippen molar-refractivity contribution in [1.82, 2.24) is 9.47 Å². The van der Waals surface area contributed by atoms with Crippen molar-refractivity contribution in [3.63, 3.8) is 0 Å². The van der Waals surface area contributed by atoms with Gasteiger partial charge in [-0.3, -0.25) is 4.79 Å². The van der Waals surface area contributed by atoms with Gasteiger partial charge in [0.05, 0.1) is 0 Å². The molecular weight excluding hydrogens is 332 g/mol. The zero-order valence-corrected chi connectivity index (χ0v) is 16.6. The van der Waals surface area contributed by atoms with E-state index in [4.69, 9.17) is 0 Å². The number of benzene rings is 2. The lowest BCUT2D eigenvalue weighted by molar-refractivity contribution is 0.0950. The van der Waals surface area contributed by atoms with Gasteiger partial charge in [0.2, 0.25) is 0 Å². The number of nitrogens with zero attached hydrogens (tertiary/aromatic N) is 2. The van der Waals surface area contributed by atoms with Gasteiger partial charge >= 0.3 is 0 Å². The second-order valence-corrected chi connectivity index (χ2v) is 7.86. The van der Waals surface area contributed by atoms with E-state index in [9.17, 15) is 4.79 Å². The SMILES string of the molecule is CCC1CCN(CCC(=O)c2ccc3c4ccccc4n(CC)c3c2)CC1. The predicted octanol–water partition coefficient (Wildman–Crippen LogP) is 5.51. The van der Waals surface area contributed by atoms with Crippen molar-refractivity contribution in [3.8, 4) is 0 Å². The summed E-state index contributed by atoms with van der Waals surface area (Å²) in [5.74, 6) is 1.15. The molecule has 0 spiro atoms. The van der Waals surface area contributed by atoms with Crippen LogP contribution in [0.2, 0.25) is 0 Å². The standard InChI is InChI=1S/C24H30N2O/c1-3-18-11-14-25(15-12-18)16-13-24(27)19-9-10-21-20-7-5-6-8-22(20)26(4-2)23(21)17-19/h5-10,17-18H,3-4,11-16H2,1-2H3. The maximum Gasteiger partial charge on any atom is 0.164 e. The first-order chi connectivity index (χ1) is 13.2. The molecule has 0 amide bonds. The molecule has 0 saturated carbocycles. The van der Waals surface area contributed by atoms with E-state index >= 15 is 0 Å². The lowest BCUT2D eigenvalue weighted by Gasteiger charge is -2.31. The Kier molecular flexibility index (Phi) is 5.31. The molecule has 2 heterocycles. The van der Waals surface area contributed by atoms with Crippen LogP contribution in [0.3, 0.4) is 0 Å². The van der Waals surface area contributed by atoms with Crippen LogP contribution in [-0.4, -0.2) is 34.9 Å². The van der Waals surface area contributed by atoms with E-state index in [-0.39, 0.29) is 5.78 Å². The highest BCUT2D eigenvalue weighted by molar-refractivity contribution is 6.10. The van der Waals surface area contributed by atoms with E-state index in [1.807, 2.05) is 6.07 Å². The molecule has 3 aromatic rings. The van der Waals surface area contributed by atoms with E-state index in [0.717, 1.165) is 37.7 Å². The Morgan fingerprint density at radius 2 is 1.74 bits per heavy atom. The van der Waals surface area contributed by atoms with Crippen molar-refractivity contribution in [3.05, 3.63) is 48.0 Å².